The maximum atomic E-state index is 11.2. The predicted octanol–water partition coefficient (Wildman–Crippen LogP) is 1.65. The molecule has 88 valence electrons. The Bertz CT molecular complexity index is 380. The SMILES string of the molecule is COC(=O)c1ncn(CC2(C)CCCC2)n1. The lowest BCUT2D eigenvalue weighted by Crippen LogP contribution is -2.20. The largest absolute Gasteiger partial charge is 0.463 e. The molecule has 0 bridgehead atoms. The first-order valence-corrected chi connectivity index (χ1v) is 5.61. The van der Waals surface area contributed by atoms with Crippen LogP contribution in [0, 0.1) is 5.41 Å². The van der Waals surface area contributed by atoms with Gasteiger partial charge in [0.1, 0.15) is 6.33 Å². The van der Waals surface area contributed by atoms with E-state index in [2.05, 4.69) is 21.7 Å². The van der Waals surface area contributed by atoms with E-state index < -0.39 is 5.97 Å². The van der Waals surface area contributed by atoms with E-state index in [1.54, 1.807) is 11.0 Å². The van der Waals surface area contributed by atoms with E-state index in [4.69, 9.17) is 0 Å². The Morgan fingerprint density at radius 3 is 2.88 bits per heavy atom. The molecular weight excluding hydrogens is 206 g/mol. The highest BCUT2D eigenvalue weighted by molar-refractivity contribution is 5.84. The molecule has 1 aromatic rings. The second kappa shape index (κ2) is 4.23. The molecule has 2 rings (SSSR count). The fraction of sp³-hybridized carbons (Fsp3) is 0.727. The highest BCUT2D eigenvalue weighted by Gasteiger charge is 2.29. The van der Waals surface area contributed by atoms with Crippen LogP contribution in [-0.4, -0.2) is 27.8 Å². The van der Waals surface area contributed by atoms with E-state index in [0.717, 1.165) is 6.54 Å². The van der Waals surface area contributed by atoms with Crippen LogP contribution in [0.4, 0.5) is 0 Å². The summed E-state index contributed by atoms with van der Waals surface area (Å²) in [5.74, 6) is -0.334. The Balaban J connectivity index is 2.05. The van der Waals surface area contributed by atoms with Crippen molar-refractivity contribution in [3.05, 3.63) is 12.2 Å². The van der Waals surface area contributed by atoms with Crippen molar-refractivity contribution in [3.63, 3.8) is 0 Å². The second-order valence-corrected chi connectivity index (χ2v) is 4.78. The summed E-state index contributed by atoms with van der Waals surface area (Å²) >= 11 is 0. The molecule has 0 aromatic carbocycles. The topological polar surface area (TPSA) is 57.0 Å². The number of ether oxygens (including phenoxy) is 1. The van der Waals surface area contributed by atoms with Gasteiger partial charge >= 0.3 is 5.97 Å². The summed E-state index contributed by atoms with van der Waals surface area (Å²) in [5.41, 5.74) is 0.307. The summed E-state index contributed by atoms with van der Waals surface area (Å²) in [6, 6.07) is 0. The Labute approximate surface area is 94.8 Å². The van der Waals surface area contributed by atoms with Crippen molar-refractivity contribution >= 4 is 5.97 Å². The second-order valence-electron chi connectivity index (χ2n) is 4.78. The summed E-state index contributed by atoms with van der Waals surface area (Å²) in [6.45, 7) is 3.09. The van der Waals surface area contributed by atoms with Crippen LogP contribution in [0.1, 0.15) is 43.2 Å². The summed E-state index contributed by atoms with van der Waals surface area (Å²) in [5, 5.41) is 4.12. The molecule has 1 saturated carbocycles. The zero-order valence-corrected chi connectivity index (χ0v) is 9.77. The fourth-order valence-electron chi connectivity index (χ4n) is 2.33. The van der Waals surface area contributed by atoms with E-state index in [9.17, 15) is 4.79 Å². The Kier molecular flexibility index (Phi) is 2.94. The Morgan fingerprint density at radius 1 is 1.56 bits per heavy atom. The molecular formula is C11H17N3O2. The molecule has 0 N–H and O–H groups in total. The van der Waals surface area contributed by atoms with Crippen LogP contribution in [0.5, 0.6) is 0 Å². The molecule has 16 heavy (non-hydrogen) atoms. The third-order valence-corrected chi connectivity index (χ3v) is 3.26. The number of rotatable bonds is 3. The molecule has 1 aliphatic rings. The number of carbonyl (C=O) groups excluding carboxylic acids is 1. The van der Waals surface area contributed by atoms with Crippen molar-refractivity contribution < 1.29 is 9.53 Å². The normalized spacial score (nSPS) is 18.6. The molecule has 0 radical (unpaired) electrons. The lowest BCUT2D eigenvalue weighted by Gasteiger charge is -2.22. The summed E-state index contributed by atoms with van der Waals surface area (Å²) < 4.78 is 6.32. The lowest BCUT2D eigenvalue weighted by atomic mass is 9.89. The summed E-state index contributed by atoms with van der Waals surface area (Å²) in [4.78, 5) is 15.1. The minimum Gasteiger partial charge on any atom is -0.463 e. The first kappa shape index (κ1) is 11.1. The fourth-order valence-corrected chi connectivity index (χ4v) is 2.33. The number of nitrogens with zero attached hydrogens (tertiary/aromatic N) is 3. The van der Waals surface area contributed by atoms with Crippen molar-refractivity contribution in [3.8, 4) is 0 Å². The van der Waals surface area contributed by atoms with Gasteiger partial charge in [-0.2, -0.15) is 0 Å². The number of hydrogen-bond donors (Lipinski definition) is 0. The van der Waals surface area contributed by atoms with Crippen LogP contribution < -0.4 is 0 Å². The average Bonchev–Trinajstić information content (AvgIpc) is 2.87. The third kappa shape index (κ3) is 2.23. The van der Waals surface area contributed by atoms with E-state index >= 15 is 0 Å². The number of methoxy groups -OCH3 is 1. The van der Waals surface area contributed by atoms with Gasteiger partial charge in [-0.25, -0.2) is 9.78 Å². The predicted molar refractivity (Wildman–Crippen MR) is 57.9 cm³/mol. The minimum absolute atomic E-state index is 0.143. The summed E-state index contributed by atoms with van der Waals surface area (Å²) in [7, 11) is 1.33. The standard InChI is InChI=1S/C11H17N3O2/c1-11(5-3-4-6-11)7-14-8-12-9(13-14)10(15)16-2/h8H,3-7H2,1-2H3. The van der Waals surface area contributed by atoms with Crippen LogP contribution in [0.25, 0.3) is 0 Å². The van der Waals surface area contributed by atoms with Gasteiger partial charge in [-0.15, -0.1) is 5.10 Å². The molecule has 0 atom stereocenters. The first-order chi connectivity index (χ1) is 7.63. The van der Waals surface area contributed by atoms with Crippen LogP contribution >= 0.6 is 0 Å². The zero-order valence-electron chi connectivity index (χ0n) is 9.77. The van der Waals surface area contributed by atoms with Crippen LogP contribution in [0.2, 0.25) is 0 Å². The molecule has 1 aliphatic carbocycles. The first-order valence-electron chi connectivity index (χ1n) is 5.61. The zero-order chi connectivity index (χ0) is 11.6. The molecule has 0 aliphatic heterocycles. The van der Waals surface area contributed by atoms with Crippen LogP contribution in [0.15, 0.2) is 6.33 Å². The van der Waals surface area contributed by atoms with Gasteiger partial charge in [0.05, 0.1) is 7.11 Å². The smallest absolute Gasteiger partial charge is 0.377 e. The minimum atomic E-state index is -0.477. The molecule has 0 spiro atoms. The van der Waals surface area contributed by atoms with E-state index in [1.165, 1.54) is 32.8 Å². The Hall–Kier alpha value is -1.39. The van der Waals surface area contributed by atoms with Crippen molar-refractivity contribution in [1.82, 2.24) is 14.8 Å². The van der Waals surface area contributed by atoms with Gasteiger partial charge in [-0.1, -0.05) is 19.8 Å². The molecule has 0 unspecified atom stereocenters. The van der Waals surface area contributed by atoms with Gasteiger partial charge in [0.15, 0.2) is 0 Å². The molecule has 5 nitrogen and oxygen atoms in total. The number of hydrogen-bond acceptors (Lipinski definition) is 4. The van der Waals surface area contributed by atoms with Gasteiger partial charge in [-0.3, -0.25) is 4.68 Å². The number of carbonyl (C=O) groups is 1. The molecule has 1 aromatic heterocycles. The highest BCUT2D eigenvalue weighted by atomic mass is 16.5. The van der Waals surface area contributed by atoms with Crippen molar-refractivity contribution in [2.45, 2.75) is 39.2 Å². The van der Waals surface area contributed by atoms with Crippen LogP contribution in [0.3, 0.4) is 0 Å². The average molecular weight is 223 g/mol. The third-order valence-electron chi connectivity index (χ3n) is 3.26. The lowest BCUT2D eigenvalue weighted by molar-refractivity contribution is 0.0586. The highest BCUT2D eigenvalue weighted by Crippen LogP contribution is 2.38. The molecule has 1 heterocycles. The van der Waals surface area contributed by atoms with Crippen molar-refractivity contribution in [2.75, 3.05) is 7.11 Å². The quantitative estimate of drug-likeness (QED) is 0.731. The summed E-state index contributed by atoms with van der Waals surface area (Å²) in [6.07, 6.45) is 6.63. The number of aromatic nitrogens is 3. The van der Waals surface area contributed by atoms with E-state index in [1.807, 2.05) is 0 Å². The molecule has 0 saturated heterocycles. The van der Waals surface area contributed by atoms with Crippen molar-refractivity contribution in [1.29, 1.82) is 0 Å². The van der Waals surface area contributed by atoms with Gasteiger partial charge in [0, 0.05) is 6.54 Å². The maximum Gasteiger partial charge on any atom is 0.377 e. The van der Waals surface area contributed by atoms with Crippen LogP contribution in [-0.2, 0) is 11.3 Å². The molecule has 1 fully saturated rings. The van der Waals surface area contributed by atoms with Gasteiger partial charge in [-0.05, 0) is 18.3 Å². The molecule has 0 amide bonds. The monoisotopic (exact) mass is 223 g/mol. The maximum absolute atomic E-state index is 11.2. The van der Waals surface area contributed by atoms with Gasteiger partial charge in [0.25, 0.3) is 5.82 Å². The number of esters is 1. The van der Waals surface area contributed by atoms with Crippen molar-refractivity contribution in [2.24, 2.45) is 5.41 Å². The van der Waals surface area contributed by atoms with E-state index in [0.29, 0.717) is 5.41 Å². The van der Waals surface area contributed by atoms with Gasteiger partial charge in [0.2, 0.25) is 0 Å². The Morgan fingerprint density at radius 2 is 2.25 bits per heavy atom. The van der Waals surface area contributed by atoms with E-state index in [-0.39, 0.29) is 5.82 Å². The van der Waals surface area contributed by atoms with Gasteiger partial charge < -0.3 is 4.74 Å². The molecule has 5 heteroatoms.